The van der Waals surface area contributed by atoms with Gasteiger partial charge in [-0.15, -0.1) is 0 Å². The van der Waals surface area contributed by atoms with Gasteiger partial charge in [-0.3, -0.25) is 9.78 Å². The van der Waals surface area contributed by atoms with Gasteiger partial charge in [0.2, 0.25) is 0 Å². The summed E-state index contributed by atoms with van der Waals surface area (Å²) in [6.07, 6.45) is 3.35. The van der Waals surface area contributed by atoms with Gasteiger partial charge in [0, 0.05) is 24.0 Å². The molecule has 0 bridgehead atoms. The molecule has 0 atom stereocenters. The topological polar surface area (TPSA) is 51.2 Å². The van der Waals surface area contributed by atoms with Crippen molar-refractivity contribution in [2.75, 3.05) is 6.61 Å². The van der Waals surface area contributed by atoms with Gasteiger partial charge in [-0.2, -0.15) is 0 Å². The van der Waals surface area contributed by atoms with E-state index >= 15 is 0 Å². The number of halogens is 3. The molecule has 0 saturated heterocycles. The molecule has 1 aromatic carbocycles. The van der Waals surface area contributed by atoms with Crippen molar-refractivity contribution >= 4 is 40.7 Å². The van der Waals surface area contributed by atoms with Crippen molar-refractivity contribution in [1.29, 1.82) is 0 Å². The second-order valence-electron chi connectivity index (χ2n) is 4.95. The number of benzene rings is 1. The number of carbonyl (C=O) groups excluding carboxylic acids is 1. The highest BCUT2D eigenvalue weighted by molar-refractivity contribution is 6.42. The first kappa shape index (κ1) is 17.9. The lowest BCUT2D eigenvalue weighted by Crippen LogP contribution is -2.28. The fraction of sp³-hybridized carbons (Fsp3) is 0.250. The van der Waals surface area contributed by atoms with E-state index in [0.717, 1.165) is 5.56 Å². The highest BCUT2D eigenvalue weighted by Crippen LogP contribution is 2.42. The van der Waals surface area contributed by atoms with Crippen LogP contribution >= 0.6 is 34.8 Å². The highest BCUT2D eigenvalue weighted by atomic mass is 35.5. The molecular weight excluding hydrogens is 359 g/mol. The maximum atomic E-state index is 11.9. The third-order valence-electron chi connectivity index (χ3n) is 3.28. The van der Waals surface area contributed by atoms with Crippen LogP contribution in [0.5, 0.6) is 5.75 Å². The molecule has 23 heavy (non-hydrogen) atoms. The average molecular weight is 374 g/mol. The van der Waals surface area contributed by atoms with Crippen molar-refractivity contribution < 1.29 is 9.53 Å². The van der Waals surface area contributed by atoms with Gasteiger partial charge in [0.25, 0.3) is 5.91 Å². The molecule has 2 aromatic rings. The Balaban J connectivity index is 2.00. The van der Waals surface area contributed by atoms with E-state index in [1.807, 2.05) is 6.07 Å². The number of pyridine rings is 1. The lowest BCUT2D eigenvalue weighted by atomic mass is 10.1. The minimum atomic E-state index is -0.286. The molecule has 0 aliphatic rings. The van der Waals surface area contributed by atoms with Crippen LogP contribution in [0.2, 0.25) is 15.1 Å². The van der Waals surface area contributed by atoms with Gasteiger partial charge in [0.1, 0.15) is 0 Å². The van der Waals surface area contributed by atoms with E-state index in [1.54, 1.807) is 32.3 Å². The van der Waals surface area contributed by atoms with Gasteiger partial charge in [-0.05, 0) is 36.6 Å². The van der Waals surface area contributed by atoms with Crippen molar-refractivity contribution in [3.63, 3.8) is 0 Å². The first-order valence-corrected chi connectivity index (χ1v) is 7.97. The summed E-state index contributed by atoms with van der Waals surface area (Å²) in [6, 6.07) is 3.67. The molecule has 7 heteroatoms. The van der Waals surface area contributed by atoms with Gasteiger partial charge in [-0.25, -0.2) is 0 Å². The molecule has 0 spiro atoms. The molecule has 1 aromatic heterocycles. The van der Waals surface area contributed by atoms with Gasteiger partial charge in [0.05, 0.1) is 10.0 Å². The summed E-state index contributed by atoms with van der Waals surface area (Å²) in [5.41, 5.74) is 2.23. The molecule has 0 aliphatic heterocycles. The van der Waals surface area contributed by atoms with E-state index in [1.165, 1.54) is 0 Å². The van der Waals surface area contributed by atoms with Crippen LogP contribution < -0.4 is 10.1 Å². The van der Waals surface area contributed by atoms with Crippen LogP contribution in [0, 0.1) is 13.8 Å². The van der Waals surface area contributed by atoms with E-state index < -0.39 is 0 Å². The molecule has 0 saturated carbocycles. The van der Waals surface area contributed by atoms with Gasteiger partial charge in [0.15, 0.2) is 12.4 Å². The zero-order valence-electron chi connectivity index (χ0n) is 12.6. The Morgan fingerprint density at radius 2 is 1.83 bits per heavy atom. The molecule has 0 radical (unpaired) electrons. The number of ether oxygens (including phenoxy) is 1. The van der Waals surface area contributed by atoms with E-state index in [0.29, 0.717) is 32.7 Å². The number of nitrogens with one attached hydrogen (secondary N) is 1. The Bertz CT molecular complexity index is 692. The Kier molecular flexibility index (Phi) is 6.10. The first-order chi connectivity index (χ1) is 10.9. The summed E-state index contributed by atoms with van der Waals surface area (Å²) < 4.78 is 5.48. The predicted octanol–water partition coefficient (Wildman–Crippen LogP) is 4.35. The third-order valence-corrected chi connectivity index (χ3v) is 4.75. The standard InChI is InChI=1S/C16H15Cl3N2O2/c1-9-13(17)10(2)15(19)16(14(9)18)23-8-12(22)21-7-11-4-3-5-20-6-11/h3-6H,7-8H2,1-2H3,(H,21,22). The fourth-order valence-electron chi connectivity index (χ4n) is 1.93. The van der Waals surface area contributed by atoms with Gasteiger partial charge < -0.3 is 10.1 Å². The van der Waals surface area contributed by atoms with Crippen LogP contribution in [0.4, 0.5) is 0 Å². The van der Waals surface area contributed by atoms with Crippen molar-refractivity contribution in [3.8, 4) is 5.75 Å². The number of nitrogens with zero attached hydrogens (tertiary/aromatic N) is 1. The number of hydrogen-bond donors (Lipinski definition) is 1. The van der Waals surface area contributed by atoms with Crippen LogP contribution in [-0.4, -0.2) is 17.5 Å². The fourth-order valence-corrected chi connectivity index (χ4v) is 2.75. The van der Waals surface area contributed by atoms with Gasteiger partial charge >= 0.3 is 0 Å². The average Bonchev–Trinajstić information content (AvgIpc) is 2.57. The summed E-state index contributed by atoms with van der Waals surface area (Å²) in [5, 5.41) is 3.85. The van der Waals surface area contributed by atoms with E-state index in [9.17, 15) is 4.79 Å². The van der Waals surface area contributed by atoms with Crippen LogP contribution in [0.15, 0.2) is 24.5 Å². The number of carbonyl (C=O) groups is 1. The summed E-state index contributed by atoms with van der Waals surface area (Å²) >= 11 is 18.5. The Morgan fingerprint density at radius 1 is 1.17 bits per heavy atom. The summed E-state index contributed by atoms with van der Waals surface area (Å²) in [7, 11) is 0. The second-order valence-corrected chi connectivity index (χ2v) is 6.08. The summed E-state index contributed by atoms with van der Waals surface area (Å²) in [6.45, 7) is 3.71. The molecule has 122 valence electrons. The van der Waals surface area contributed by atoms with Crippen LogP contribution in [0.25, 0.3) is 0 Å². The monoisotopic (exact) mass is 372 g/mol. The third kappa shape index (κ3) is 4.28. The van der Waals surface area contributed by atoms with E-state index in [-0.39, 0.29) is 18.3 Å². The van der Waals surface area contributed by atoms with Crippen LogP contribution in [0.1, 0.15) is 16.7 Å². The maximum Gasteiger partial charge on any atom is 0.258 e. The molecule has 1 N–H and O–H groups in total. The maximum absolute atomic E-state index is 11.9. The number of aromatic nitrogens is 1. The highest BCUT2D eigenvalue weighted by Gasteiger charge is 2.18. The molecule has 0 fully saturated rings. The number of hydrogen-bond acceptors (Lipinski definition) is 3. The van der Waals surface area contributed by atoms with Crippen molar-refractivity contribution in [3.05, 3.63) is 56.3 Å². The number of rotatable bonds is 5. The number of amides is 1. The second kappa shape index (κ2) is 7.86. The normalized spacial score (nSPS) is 10.5. The molecule has 2 rings (SSSR count). The largest absolute Gasteiger partial charge is 0.481 e. The first-order valence-electron chi connectivity index (χ1n) is 6.83. The van der Waals surface area contributed by atoms with E-state index in [2.05, 4.69) is 10.3 Å². The lowest BCUT2D eigenvalue weighted by molar-refractivity contribution is -0.123. The summed E-state index contributed by atoms with van der Waals surface area (Å²) in [5.74, 6) is -0.0181. The minimum absolute atomic E-state index is 0.194. The molecule has 1 amide bonds. The van der Waals surface area contributed by atoms with Crippen molar-refractivity contribution in [2.45, 2.75) is 20.4 Å². The zero-order valence-corrected chi connectivity index (χ0v) is 14.9. The Morgan fingerprint density at radius 3 is 2.39 bits per heavy atom. The van der Waals surface area contributed by atoms with Crippen molar-refractivity contribution in [1.82, 2.24) is 10.3 Å². The predicted molar refractivity (Wildman–Crippen MR) is 92.5 cm³/mol. The quantitative estimate of drug-likeness (QED) is 0.847. The van der Waals surface area contributed by atoms with Crippen LogP contribution in [0.3, 0.4) is 0 Å². The van der Waals surface area contributed by atoms with Crippen LogP contribution in [-0.2, 0) is 11.3 Å². The Hall–Kier alpha value is -1.49. The Labute approximate surface area is 149 Å². The summed E-state index contributed by atoms with van der Waals surface area (Å²) in [4.78, 5) is 15.9. The lowest BCUT2D eigenvalue weighted by Gasteiger charge is -2.15. The zero-order chi connectivity index (χ0) is 17.0. The van der Waals surface area contributed by atoms with Gasteiger partial charge in [-0.1, -0.05) is 40.9 Å². The molecule has 0 unspecified atom stereocenters. The molecule has 1 heterocycles. The minimum Gasteiger partial charge on any atom is -0.481 e. The SMILES string of the molecule is Cc1c(Cl)c(C)c(Cl)c(OCC(=O)NCc2cccnc2)c1Cl. The molecular formula is C16H15Cl3N2O2. The van der Waals surface area contributed by atoms with Crippen molar-refractivity contribution in [2.24, 2.45) is 0 Å². The molecule has 4 nitrogen and oxygen atoms in total. The van der Waals surface area contributed by atoms with E-state index in [4.69, 9.17) is 39.5 Å². The smallest absolute Gasteiger partial charge is 0.258 e. The molecule has 0 aliphatic carbocycles.